The van der Waals surface area contributed by atoms with E-state index in [0.29, 0.717) is 0 Å². The third-order valence-corrected chi connectivity index (χ3v) is 5.95. The number of nitrogens with zero attached hydrogens (tertiary/aromatic N) is 1. The topological polar surface area (TPSA) is 113 Å². The molecule has 0 aromatic heterocycles. The third-order valence-electron chi connectivity index (χ3n) is 3.92. The number of carboxylic acid groups (broad SMARTS) is 1. The van der Waals surface area contributed by atoms with Crippen molar-refractivity contribution in [2.45, 2.75) is 43.7 Å². The zero-order chi connectivity index (χ0) is 20.1. The Balaban J connectivity index is 3.13. The quantitative estimate of drug-likeness (QED) is 0.662. The van der Waals surface area contributed by atoms with Gasteiger partial charge in [-0.1, -0.05) is 6.07 Å². The number of sulfonamides is 1. The van der Waals surface area contributed by atoms with Crippen molar-refractivity contribution in [2.75, 3.05) is 20.8 Å². The maximum atomic E-state index is 12.6. The average Bonchev–Trinajstić information content (AvgIpc) is 2.53. The summed E-state index contributed by atoms with van der Waals surface area (Å²) in [7, 11) is -0.861. The fourth-order valence-electron chi connectivity index (χ4n) is 2.37. The molecule has 1 rings (SSSR count). The highest BCUT2D eigenvalue weighted by Crippen LogP contribution is 2.19. The molecule has 146 valence electrons. The normalized spacial score (nSPS) is 14.3. The summed E-state index contributed by atoms with van der Waals surface area (Å²) in [6, 6.07) is 5.39. The second-order valence-corrected chi connectivity index (χ2v) is 8.66. The lowest BCUT2D eigenvalue weighted by Crippen LogP contribution is -2.50. The molecular formula is C17H26N2O6S. The van der Waals surface area contributed by atoms with Crippen molar-refractivity contribution >= 4 is 21.9 Å². The van der Waals surface area contributed by atoms with E-state index in [9.17, 15) is 18.0 Å². The first kappa shape index (κ1) is 22.1. The Labute approximate surface area is 154 Å². The summed E-state index contributed by atoms with van der Waals surface area (Å²) < 4.78 is 31.4. The second-order valence-electron chi connectivity index (χ2n) is 6.66. The van der Waals surface area contributed by atoms with Gasteiger partial charge < -0.3 is 15.2 Å². The molecule has 0 aliphatic heterocycles. The standard InChI is InChI=1S/C17H26N2O6S/c1-12(2)19(4)26(23,24)14-8-6-7-13(9-14)16(22)18-17(3,11-25-5)10-15(20)21/h6-9,12H,10-11H2,1-5H3,(H,18,22)(H,20,21). The van der Waals surface area contributed by atoms with Gasteiger partial charge in [-0.15, -0.1) is 0 Å². The first-order valence-electron chi connectivity index (χ1n) is 8.04. The van der Waals surface area contributed by atoms with Gasteiger partial charge in [-0.25, -0.2) is 8.42 Å². The largest absolute Gasteiger partial charge is 0.481 e. The van der Waals surface area contributed by atoms with E-state index in [-0.39, 0.29) is 29.5 Å². The molecule has 9 heteroatoms. The van der Waals surface area contributed by atoms with Crippen LogP contribution < -0.4 is 5.32 Å². The summed E-state index contributed by atoms with van der Waals surface area (Å²) in [4.78, 5) is 23.6. The van der Waals surface area contributed by atoms with Gasteiger partial charge in [-0.05, 0) is 39.0 Å². The Morgan fingerprint density at radius 3 is 2.46 bits per heavy atom. The monoisotopic (exact) mass is 386 g/mol. The number of carbonyl (C=O) groups is 2. The van der Waals surface area contributed by atoms with Crippen LogP contribution in [-0.4, -0.2) is 62.1 Å². The molecule has 2 N–H and O–H groups in total. The Kier molecular flexibility index (Phi) is 7.31. The average molecular weight is 386 g/mol. The van der Waals surface area contributed by atoms with E-state index < -0.39 is 27.4 Å². The summed E-state index contributed by atoms with van der Waals surface area (Å²) in [5, 5.41) is 11.7. The van der Waals surface area contributed by atoms with E-state index in [1.165, 1.54) is 42.7 Å². The molecule has 0 aliphatic carbocycles. The molecular weight excluding hydrogens is 360 g/mol. The van der Waals surface area contributed by atoms with E-state index in [2.05, 4.69) is 5.32 Å². The van der Waals surface area contributed by atoms with Crippen LogP contribution in [0.2, 0.25) is 0 Å². The lowest BCUT2D eigenvalue weighted by molar-refractivity contribution is -0.139. The molecule has 0 saturated carbocycles. The molecule has 0 saturated heterocycles. The zero-order valence-electron chi connectivity index (χ0n) is 15.6. The van der Waals surface area contributed by atoms with Gasteiger partial charge in [0.25, 0.3) is 5.91 Å². The Morgan fingerprint density at radius 1 is 1.35 bits per heavy atom. The van der Waals surface area contributed by atoms with E-state index in [1.54, 1.807) is 20.8 Å². The summed E-state index contributed by atoms with van der Waals surface area (Å²) in [5.74, 6) is -1.66. The Morgan fingerprint density at radius 2 is 1.96 bits per heavy atom. The van der Waals surface area contributed by atoms with Gasteiger partial charge in [0.2, 0.25) is 10.0 Å². The fraction of sp³-hybridized carbons (Fsp3) is 0.529. The molecule has 1 aromatic carbocycles. The van der Waals surface area contributed by atoms with Gasteiger partial charge in [0, 0.05) is 25.8 Å². The maximum absolute atomic E-state index is 12.6. The molecule has 26 heavy (non-hydrogen) atoms. The lowest BCUT2D eigenvalue weighted by Gasteiger charge is -2.28. The van der Waals surface area contributed by atoms with Crippen LogP contribution in [0.3, 0.4) is 0 Å². The summed E-state index contributed by atoms with van der Waals surface area (Å²) in [6.07, 6.45) is -0.333. The highest BCUT2D eigenvalue weighted by molar-refractivity contribution is 7.89. The van der Waals surface area contributed by atoms with Crippen molar-refractivity contribution in [2.24, 2.45) is 0 Å². The van der Waals surface area contributed by atoms with Crippen molar-refractivity contribution in [1.82, 2.24) is 9.62 Å². The van der Waals surface area contributed by atoms with E-state index in [4.69, 9.17) is 9.84 Å². The molecule has 0 spiro atoms. The minimum absolute atomic E-state index is 0.000876. The number of carbonyl (C=O) groups excluding carboxylic acids is 1. The molecule has 1 amide bonds. The zero-order valence-corrected chi connectivity index (χ0v) is 16.5. The van der Waals surface area contributed by atoms with Crippen LogP contribution in [0.1, 0.15) is 37.6 Å². The molecule has 1 unspecified atom stereocenters. The van der Waals surface area contributed by atoms with E-state index in [0.717, 1.165) is 0 Å². The smallest absolute Gasteiger partial charge is 0.305 e. The van der Waals surface area contributed by atoms with Gasteiger partial charge in [0.05, 0.1) is 23.5 Å². The van der Waals surface area contributed by atoms with Crippen molar-refractivity contribution < 1.29 is 27.9 Å². The lowest BCUT2D eigenvalue weighted by atomic mass is 9.98. The predicted molar refractivity (Wildman–Crippen MR) is 96.5 cm³/mol. The number of rotatable bonds is 9. The number of hydrogen-bond donors (Lipinski definition) is 2. The fourth-order valence-corrected chi connectivity index (χ4v) is 3.79. The number of methoxy groups -OCH3 is 1. The van der Waals surface area contributed by atoms with E-state index >= 15 is 0 Å². The number of benzene rings is 1. The maximum Gasteiger partial charge on any atom is 0.305 e. The molecule has 1 aromatic rings. The van der Waals surface area contributed by atoms with Gasteiger partial charge in [-0.2, -0.15) is 4.31 Å². The molecule has 0 heterocycles. The Hall–Kier alpha value is -1.97. The third kappa shape index (κ3) is 5.52. The van der Waals surface area contributed by atoms with Gasteiger partial charge in [0.15, 0.2) is 0 Å². The molecule has 0 aliphatic rings. The van der Waals surface area contributed by atoms with Crippen LogP contribution in [-0.2, 0) is 19.6 Å². The van der Waals surface area contributed by atoms with Crippen molar-refractivity contribution in [1.29, 1.82) is 0 Å². The molecule has 0 bridgehead atoms. The number of aliphatic carboxylic acids is 1. The number of amides is 1. The number of hydrogen-bond acceptors (Lipinski definition) is 5. The van der Waals surface area contributed by atoms with Crippen LogP contribution in [0.4, 0.5) is 0 Å². The highest BCUT2D eigenvalue weighted by Gasteiger charge is 2.30. The summed E-state index contributed by atoms with van der Waals surface area (Å²) >= 11 is 0. The molecule has 8 nitrogen and oxygen atoms in total. The minimum Gasteiger partial charge on any atom is -0.481 e. The molecule has 1 atom stereocenters. The highest BCUT2D eigenvalue weighted by atomic mass is 32.2. The van der Waals surface area contributed by atoms with Crippen molar-refractivity contribution in [3.8, 4) is 0 Å². The Bertz CT molecular complexity index is 762. The van der Waals surface area contributed by atoms with Gasteiger partial charge in [0.1, 0.15) is 0 Å². The molecule has 0 radical (unpaired) electrons. The number of nitrogens with one attached hydrogen (secondary N) is 1. The predicted octanol–water partition coefficient (Wildman–Crippen LogP) is 1.33. The van der Waals surface area contributed by atoms with Crippen LogP contribution in [0.5, 0.6) is 0 Å². The molecule has 0 fully saturated rings. The summed E-state index contributed by atoms with van der Waals surface area (Å²) in [5.41, 5.74) is -1.00. The first-order valence-corrected chi connectivity index (χ1v) is 9.48. The first-order chi connectivity index (χ1) is 11.9. The van der Waals surface area contributed by atoms with Crippen LogP contribution in [0.25, 0.3) is 0 Å². The summed E-state index contributed by atoms with van der Waals surface area (Å²) in [6.45, 7) is 5.04. The van der Waals surface area contributed by atoms with Gasteiger partial charge in [-0.3, -0.25) is 9.59 Å². The second kappa shape index (κ2) is 8.61. The van der Waals surface area contributed by atoms with Gasteiger partial charge >= 0.3 is 5.97 Å². The minimum atomic E-state index is -3.73. The SMILES string of the molecule is COCC(C)(CC(=O)O)NC(=O)c1cccc(S(=O)(=O)N(C)C(C)C)c1. The van der Waals surface area contributed by atoms with Crippen molar-refractivity contribution in [3.63, 3.8) is 0 Å². The van der Waals surface area contributed by atoms with E-state index in [1.807, 2.05) is 0 Å². The van der Waals surface area contributed by atoms with Crippen molar-refractivity contribution in [3.05, 3.63) is 29.8 Å². The van der Waals surface area contributed by atoms with Crippen LogP contribution in [0, 0.1) is 0 Å². The van der Waals surface area contributed by atoms with Crippen LogP contribution >= 0.6 is 0 Å². The number of carboxylic acids is 1. The number of ether oxygens (including phenoxy) is 1. The van der Waals surface area contributed by atoms with Crippen LogP contribution in [0.15, 0.2) is 29.2 Å².